The third kappa shape index (κ3) is 4.69. The van der Waals surface area contributed by atoms with Gasteiger partial charge in [-0.2, -0.15) is 0 Å². The van der Waals surface area contributed by atoms with Crippen LogP contribution in [0.2, 0.25) is 0 Å². The van der Waals surface area contributed by atoms with Gasteiger partial charge in [0.25, 0.3) is 0 Å². The van der Waals surface area contributed by atoms with Crippen molar-refractivity contribution < 1.29 is 0 Å². The largest absolute Gasteiger partial charge is 0.316 e. The lowest BCUT2D eigenvalue weighted by Crippen LogP contribution is -2.23. The second-order valence-electron chi connectivity index (χ2n) is 5.01. The third-order valence-corrected chi connectivity index (χ3v) is 4.63. The van der Waals surface area contributed by atoms with Gasteiger partial charge in [-0.1, -0.05) is 35.0 Å². The molecule has 0 radical (unpaired) electrons. The summed E-state index contributed by atoms with van der Waals surface area (Å²) < 4.78 is 1.13. The van der Waals surface area contributed by atoms with E-state index < -0.39 is 0 Å². The van der Waals surface area contributed by atoms with Gasteiger partial charge in [0.15, 0.2) is 0 Å². The summed E-state index contributed by atoms with van der Waals surface area (Å²) in [5, 5.41) is 6.87. The van der Waals surface area contributed by atoms with E-state index in [1.54, 1.807) is 11.3 Å². The number of rotatable bonds is 7. The summed E-state index contributed by atoms with van der Waals surface area (Å²) in [6.45, 7) is 6.35. The molecule has 1 atom stereocenters. The SMILES string of the molecule is CCCNCC(Cc1csc(C)n1)c1ccc(Br)cc1. The summed E-state index contributed by atoms with van der Waals surface area (Å²) in [5.74, 6) is 0.483. The number of halogens is 1. The van der Waals surface area contributed by atoms with Crippen LogP contribution in [-0.4, -0.2) is 18.1 Å². The lowest BCUT2D eigenvalue weighted by molar-refractivity contribution is 0.572. The fourth-order valence-corrected chi connectivity index (χ4v) is 3.14. The van der Waals surface area contributed by atoms with Crippen LogP contribution in [0.5, 0.6) is 0 Å². The van der Waals surface area contributed by atoms with Crippen LogP contribution in [0.1, 0.15) is 35.5 Å². The predicted molar refractivity (Wildman–Crippen MR) is 90.6 cm³/mol. The highest BCUT2D eigenvalue weighted by molar-refractivity contribution is 9.10. The molecule has 20 heavy (non-hydrogen) atoms. The van der Waals surface area contributed by atoms with E-state index in [4.69, 9.17) is 0 Å². The van der Waals surface area contributed by atoms with Crippen molar-refractivity contribution in [1.82, 2.24) is 10.3 Å². The number of hydrogen-bond acceptors (Lipinski definition) is 3. The molecular formula is C16H21BrN2S. The van der Waals surface area contributed by atoms with Gasteiger partial charge in [-0.3, -0.25) is 0 Å². The molecule has 0 aliphatic heterocycles. The monoisotopic (exact) mass is 352 g/mol. The van der Waals surface area contributed by atoms with Crippen molar-refractivity contribution in [2.45, 2.75) is 32.6 Å². The van der Waals surface area contributed by atoms with Gasteiger partial charge in [0.05, 0.1) is 10.7 Å². The maximum Gasteiger partial charge on any atom is 0.0897 e. The highest BCUT2D eigenvalue weighted by atomic mass is 79.9. The summed E-state index contributed by atoms with van der Waals surface area (Å²) in [6.07, 6.45) is 2.17. The van der Waals surface area contributed by atoms with Crippen LogP contribution in [0.4, 0.5) is 0 Å². The third-order valence-electron chi connectivity index (χ3n) is 3.28. The number of thiazole rings is 1. The number of nitrogens with one attached hydrogen (secondary N) is 1. The van der Waals surface area contributed by atoms with Crippen molar-refractivity contribution in [1.29, 1.82) is 0 Å². The predicted octanol–water partition coefficient (Wildman–Crippen LogP) is 4.54. The smallest absolute Gasteiger partial charge is 0.0897 e. The summed E-state index contributed by atoms with van der Waals surface area (Å²) >= 11 is 5.24. The minimum atomic E-state index is 0.483. The van der Waals surface area contributed by atoms with Crippen LogP contribution >= 0.6 is 27.3 Å². The average Bonchev–Trinajstić information content (AvgIpc) is 2.84. The van der Waals surface area contributed by atoms with E-state index in [0.717, 1.165) is 29.0 Å². The first-order chi connectivity index (χ1) is 9.69. The van der Waals surface area contributed by atoms with Gasteiger partial charge in [-0.25, -0.2) is 4.98 Å². The molecule has 1 aromatic carbocycles. The second-order valence-corrected chi connectivity index (χ2v) is 6.99. The molecule has 0 aliphatic carbocycles. The van der Waals surface area contributed by atoms with E-state index in [1.807, 2.05) is 0 Å². The molecule has 108 valence electrons. The molecule has 4 heteroatoms. The van der Waals surface area contributed by atoms with Crippen LogP contribution in [-0.2, 0) is 6.42 Å². The molecule has 1 heterocycles. The van der Waals surface area contributed by atoms with Gasteiger partial charge in [0, 0.05) is 22.3 Å². The summed E-state index contributed by atoms with van der Waals surface area (Å²) in [5.41, 5.74) is 2.58. The van der Waals surface area contributed by atoms with E-state index in [1.165, 1.54) is 17.7 Å². The van der Waals surface area contributed by atoms with E-state index in [2.05, 4.69) is 69.7 Å². The van der Waals surface area contributed by atoms with Crippen molar-refractivity contribution in [3.05, 3.63) is 50.4 Å². The van der Waals surface area contributed by atoms with Crippen LogP contribution in [0.15, 0.2) is 34.1 Å². The number of nitrogens with zero attached hydrogens (tertiary/aromatic N) is 1. The molecule has 0 aliphatic rings. The lowest BCUT2D eigenvalue weighted by atomic mass is 9.94. The van der Waals surface area contributed by atoms with Crippen molar-refractivity contribution in [2.75, 3.05) is 13.1 Å². The zero-order valence-corrected chi connectivity index (χ0v) is 14.4. The Bertz CT molecular complexity index is 522. The van der Waals surface area contributed by atoms with Gasteiger partial charge in [-0.15, -0.1) is 11.3 Å². The molecule has 0 saturated carbocycles. The Hall–Kier alpha value is -0.710. The lowest BCUT2D eigenvalue weighted by Gasteiger charge is -2.17. The minimum Gasteiger partial charge on any atom is -0.316 e. The molecule has 1 aromatic heterocycles. The maximum absolute atomic E-state index is 4.60. The van der Waals surface area contributed by atoms with Crippen molar-refractivity contribution >= 4 is 27.3 Å². The molecular weight excluding hydrogens is 332 g/mol. The Labute approximate surface area is 133 Å². The standard InChI is InChI=1S/C16H21BrN2S/c1-3-8-18-10-14(9-16-11-20-12(2)19-16)13-4-6-15(17)7-5-13/h4-7,11,14,18H,3,8-10H2,1-2H3. The average molecular weight is 353 g/mol. The highest BCUT2D eigenvalue weighted by Gasteiger charge is 2.13. The Morgan fingerprint density at radius 1 is 1.30 bits per heavy atom. The zero-order chi connectivity index (χ0) is 14.4. The Balaban J connectivity index is 2.09. The topological polar surface area (TPSA) is 24.9 Å². The normalized spacial score (nSPS) is 12.6. The summed E-state index contributed by atoms with van der Waals surface area (Å²) in [6, 6.07) is 8.66. The number of aromatic nitrogens is 1. The molecule has 0 bridgehead atoms. The number of aryl methyl sites for hydroxylation is 1. The highest BCUT2D eigenvalue weighted by Crippen LogP contribution is 2.23. The molecule has 0 saturated heterocycles. The van der Waals surface area contributed by atoms with Gasteiger partial charge >= 0.3 is 0 Å². The molecule has 0 amide bonds. The molecule has 2 aromatic rings. The van der Waals surface area contributed by atoms with Crippen LogP contribution in [0, 0.1) is 6.92 Å². The second kappa shape index (κ2) is 7.91. The van der Waals surface area contributed by atoms with Gasteiger partial charge in [0.1, 0.15) is 0 Å². The van der Waals surface area contributed by atoms with Crippen molar-refractivity contribution in [2.24, 2.45) is 0 Å². The molecule has 0 fully saturated rings. The molecule has 2 rings (SSSR count). The van der Waals surface area contributed by atoms with Crippen molar-refractivity contribution in [3.63, 3.8) is 0 Å². The quantitative estimate of drug-likeness (QED) is 0.739. The van der Waals surface area contributed by atoms with Gasteiger partial charge < -0.3 is 5.32 Å². The Morgan fingerprint density at radius 2 is 2.05 bits per heavy atom. The van der Waals surface area contributed by atoms with Crippen LogP contribution in [0.25, 0.3) is 0 Å². The van der Waals surface area contributed by atoms with Crippen LogP contribution in [0.3, 0.4) is 0 Å². The van der Waals surface area contributed by atoms with Gasteiger partial charge in [0.2, 0.25) is 0 Å². The molecule has 0 spiro atoms. The molecule has 2 nitrogen and oxygen atoms in total. The zero-order valence-electron chi connectivity index (χ0n) is 12.0. The fourth-order valence-electron chi connectivity index (χ4n) is 2.25. The Morgan fingerprint density at radius 3 is 2.65 bits per heavy atom. The maximum atomic E-state index is 4.60. The summed E-state index contributed by atoms with van der Waals surface area (Å²) in [4.78, 5) is 4.60. The minimum absolute atomic E-state index is 0.483. The van der Waals surface area contributed by atoms with E-state index in [-0.39, 0.29) is 0 Å². The fraction of sp³-hybridized carbons (Fsp3) is 0.438. The first-order valence-electron chi connectivity index (χ1n) is 7.06. The molecule has 1 N–H and O–H groups in total. The Kier molecular flexibility index (Phi) is 6.20. The van der Waals surface area contributed by atoms with Crippen molar-refractivity contribution in [3.8, 4) is 0 Å². The van der Waals surface area contributed by atoms with Crippen LogP contribution < -0.4 is 5.32 Å². The first kappa shape index (κ1) is 15.7. The van der Waals surface area contributed by atoms with E-state index >= 15 is 0 Å². The van der Waals surface area contributed by atoms with E-state index in [0.29, 0.717) is 5.92 Å². The number of hydrogen-bond donors (Lipinski definition) is 1. The summed E-state index contributed by atoms with van der Waals surface area (Å²) in [7, 11) is 0. The first-order valence-corrected chi connectivity index (χ1v) is 8.73. The number of benzene rings is 1. The van der Waals surface area contributed by atoms with E-state index in [9.17, 15) is 0 Å². The van der Waals surface area contributed by atoms with Gasteiger partial charge in [-0.05, 0) is 44.0 Å². The molecule has 1 unspecified atom stereocenters.